The van der Waals surface area contributed by atoms with Crippen LogP contribution in [-0.4, -0.2) is 41.1 Å². The Bertz CT molecular complexity index is 377. The number of hydrogen-bond donors (Lipinski definition) is 0. The van der Waals surface area contributed by atoms with Crippen molar-refractivity contribution in [1.29, 1.82) is 0 Å². The van der Waals surface area contributed by atoms with Crippen molar-refractivity contribution in [2.45, 2.75) is 25.6 Å². The lowest BCUT2D eigenvalue weighted by atomic mass is 10.1. The highest BCUT2D eigenvalue weighted by molar-refractivity contribution is 9.10. The molecule has 1 aliphatic rings. The highest BCUT2D eigenvalue weighted by Gasteiger charge is 2.25. The van der Waals surface area contributed by atoms with E-state index in [4.69, 9.17) is 16.3 Å². The quantitative estimate of drug-likeness (QED) is 0.801. The Balaban J connectivity index is 2.01. The Morgan fingerprint density at radius 3 is 3.12 bits per heavy atom. The summed E-state index contributed by atoms with van der Waals surface area (Å²) in [5.41, 5.74) is 1.21. The largest absolute Gasteiger partial charge is 0.374 e. The molecule has 2 rings (SSSR count). The average molecular weight is 320 g/mol. The van der Waals surface area contributed by atoms with Crippen molar-refractivity contribution in [3.05, 3.63) is 28.5 Å². The third kappa shape index (κ3) is 3.65. The molecule has 1 aromatic rings. The van der Waals surface area contributed by atoms with Crippen LogP contribution in [0.15, 0.2) is 22.9 Å². The molecule has 1 saturated heterocycles. The number of nitrogens with zero attached hydrogens (tertiary/aromatic N) is 2. The molecule has 1 aliphatic heterocycles. The fourth-order valence-corrected chi connectivity index (χ4v) is 2.56. The van der Waals surface area contributed by atoms with E-state index in [2.05, 4.69) is 38.8 Å². The van der Waals surface area contributed by atoms with Gasteiger partial charge in [0.25, 0.3) is 0 Å². The van der Waals surface area contributed by atoms with Gasteiger partial charge in [0.05, 0.1) is 12.7 Å². The van der Waals surface area contributed by atoms with E-state index in [1.54, 1.807) is 6.20 Å². The smallest absolute Gasteiger partial charge is 0.0838 e. The summed E-state index contributed by atoms with van der Waals surface area (Å²) in [5.74, 6) is 0.556. The predicted octanol–water partition coefficient (Wildman–Crippen LogP) is 2.67. The molecule has 0 bridgehead atoms. The first-order valence-electron chi connectivity index (χ1n) is 5.70. The van der Waals surface area contributed by atoms with Gasteiger partial charge in [0.2, 0.25) is 0 Å². The summed E-state index contributed by atoms with van der Waals surface area (Å²) >= 11 is 9.29. The highest BCUT2D eigenvalue weighted by Crippen LogP contribution is 2.17. The van der Waals surface area contributed by atoms with E-state index < -0.39 is 0 Å². The van der Waals surface area contributed by atoms with Crippen LogP contribution in [0.1, 0.15) is 12.5 Å². The van der Waals surface area contributed by atoms with Gasteiger partial charge in [0.1, 0.15) is 0 Å². The number of halogens is 2. The van der Waals surface area contributed by atoms with E-state index in [0.29, 0.717) is 11.9 Å². The zero-order chi connectivity index (χ0) is 12.3. The zero-order valence-electron chi connectivity index (χ0n) is 9.77. The Hall–Kier alpha value is -0.160. The van der Waals surface area contributed by atoms with Crippen LogP contribution in [0.4, 0.5) is 0 Å². The molecule has 0 aromatic carbocycles. The van der Waals surface area contributed by atoms with Crippen molar-refractivity contribution < 1.29 is 4.74 Å². The Labute approximate surface area is 115 Å². The molecule has 94 valence electrons. The van der Waals surface area contributed by atoms with Crippen molar-refractivity contribution in [3.63, 3.8) is 0 Å². The Kier molecular flexibility index (Phi) is 4.79. The van der Waals surface area contributed by atoms with Crippen molar-refractivity contribution in [2.24, 2.45) is 0 Å². The lowest BCUT2D eigenvalue weighted by molar-refractivity contribution is -0.0511. The summed E-state index contributed by atoms with van der Waals surface area (Å²) in [6, 6.07) is 2.53. The molecule has 0 radical (unpaired) electrons. The van der Waals surface area contributed by atoms with Crippen molar-refractivity contribution in [1.82, 2.24) is 9.88 Å². The highest BCUT2D eigenvalue weighted by atomic mass is 79.9. The van der Waals surface area contributed by atoms with Crippen LogP contribution < -0.4 is 0 Å². The van der Waals surface area contributed by atoms with Crippen LogP contribution in [0.3, 0.4) is 0 Å². The second kappa shape index (κ2) is 6.14. The molecular weight excluding hydrogens is 304 g/mol. The summed E-state index contributed by atoms with van der Waals surface area (Å²) in [6.45, 7) is 4.70. The van der Waals surface area contributed by atoms with Crippen LogP contribution in [0.25, 0.3) is 0 Å². The number of morpholine rings is 1. The lowest BCUT2D eigenvalue weighted by Crippen LogP contribution is -2.48. The van der Waals surface area contributed by atoms with Crippen LogP contribution in [0.5, 0.6) is 0 Å². The van der Waals surface area contributed by atoms with E-state index in [9.17, 15) is 0 Å². The van der Waals surface area contributed by atoms with Crippen molar-refractivity contribution in [2.75, 3.05) is 19.0 Å². The SMILES string of the molecule is CC1COC(CCl)CN1Cc1cncc(Br)c1. The maximum absolute atomic E-state index is 5.85. The summed E-state index contributed by atoms with van der Waals surface area (Å²) in [4.78, 5) is 6.57. The van der Waals surface area contributed by atoms with Gasteiger partial charge in [0, 0.05) is 41.9 Å². The van der Waals surface area contributed by atoms with Gasteiger partial charge in [-0.3, -0.25) is 9.88 Å². The predicted molar refractivity (Wildman–Crippen MR) is 72.3 cm³/mol. The maximum Gasteiger partial charge on any atom is 0.0838 e. The van der Waals surface area contributed by atoms with Crippen LogP contribution in [-0.2, 0) is 11.3 Å². The number of aromatic nitrogens is 1. The molecule has 5 heteroatoms. The minimum absolute atomic E-state index is 0.146. The monoisotopic (exact) mass is 318 g/mol. The molecule has 1 aromatic heterocycles. The maximum atomic E-state index is 5.85. The molecule has 0 saturated carbocycles. The van der Waals surface area contributed by atoms with Gasteiger partial charge >= 0.3 is 0 Å². The lowest BCUT2D eigenvalue weighted by Gasteiger charge is -2.37. The van der Waals surface area contributed by atoms with Gasteiger partial charge in [-0.05, 0) is 34.5 Å². The molecule has 17 heavy (non-hydrogen) atoms. The van der Waals surface area contributed by atoms with Crippen LogP contribution in [0, 0.1) is 0 Å². The second-order valence-electron chi connectivity index (χ2n) is 4.40. The first-order valence-corrected chi connectivity index (χ1v) is 7.03. The van der Waals surface area contributed by atoms with Gasteiger partial charge in [-0.25, -0.2) is 0 Å². The molecule has 2 atom stereocenters. The van der Waals surface area contributed by atoms with Crippen LogP contribution in [0.2, 0.25) is 0 Å². The minimum Gasteiger partial charge on any atom is -0.374 e. The number of rotatable bonds is 3. The Morgan fingerprint density at radius 2 is 2.41 bits per heavy atom. The molecule has 0 amide bonds. The summed E-state index contributed by atoms with van der Waals surface area (Å²) < 4.78 is 6.65. The molecular formula is C12H16BrClN2O. The van der Waals surface area contributed by atoms with Crippen molar-refractivity contribution >= 4 is 27.5 Å². The zero-order valence-corrected chi connectivity index (χ0v) is 12.1. The van der Waals surface area contributed by atoms with E-state index in [1.165, 1.54) is 5.56 Å². The van der Waals surface area contributed by atoms with Gasteiger partial charge < -0.3 is 4.74 Å². The molecule has 0 N–H and O–H groups in total. The van der Waals surface area contributed by atoms with Gasteiger partial charge in [-0.1, -0.05) is 0 Å². The molecule has 2 heterocycles. The first-order chi connectivity index (χ1) is 8.19. The topological polar surface area (TPSA) is 25.4 Å². The minimum atomic E-state index is 0.146. The average Bonchev–Trinajstić information content (AvgIpc) is 2.32. The van der Waals surface area contributed by atoms with Crippen molar-refractivity contribution in [3.8, 4) is 0 Å². The first kappa shape index (κ1) is 13.3. The van der Waals surface area contributed by atoms with E-state index in [1.807, 2.05) is 6.20 Å². The van der Waals surface area contributed by atoms with Gasteiger partial charge in [-0.2, -0.15) is 0 Å². The standard InChI is InChI=1S/C12H16BrClN2O/c1-9-8-17-12(3-14)7-16(9)6-10-2-11(13)5-15-4-10/h2,4-5,9,12H,3,6-8H2,1H3. The molecule has 0 aliphatic carbocycles. The van der Waals surface area contributed by atoms with E-state index in [0.717, 1.165) is 24.2 Å². The normalized spacial score (nSPS) is 26.1. The van der Waals surface area contributed by atoms with Crippen LogP contribution >= 0.6 is 27.5 Å². The summed E-state index contributed by atoms with van der Waals surface area (Å²) in [5, 5.41) is 0. The Morgan fingerprint density at radius 1 is 1.59 bits per heavy atom. The molecule has 2 unspecified atom stereocenters. The van der Waals surface area contributed by atoms with Gasteiger partial charge in [0.15, 0.2) is 0 Å². The number of pyridine rings is 1. The van der Waals surface area contributed by atoms with E-state index >= 15 is 0 Å². The molecule has 1 fully saturated rings. The summed E-state index contributed by atoms with van der Waals surface area (Å²) in [6.07, 6.45) is 3.85. The fraction of sp³-hybridized carbons (Fsp3) is 0.583. The fourth-order valence-electron chi connectivity index (χ4n) is 1.97. The summed E-state index contributed by atoms with van der Waals surface area (Å²) in [7, 11) is 0. The molecule has 0 spiro atoms. The number of ether oxygens (including phenoxy) is 1. The second-order valence-corrected chi connectivity index (χ2v) is 5.62. The number of alkyl halides is 1. The third-order valence-electron chi connectivity index (χ3n) is 2.95. The van der Waals surface area contributed by atoms with E-state index in [-0.39, 0.29) is 6.10 Å². The number of hydrogen-bond acceptors (Lipinski definition) is 3. The molecule has 3 nitrogen and oxygen atoms in total. The third-order valence-corrected chi connectivity index (χ3v) is 3.73. The van der Waals surface area contributed by atoms with Gasteiger partial charge in [-0.15, -0.1) is 11.6 Å².